The third kappa shape index (κ3) is 3.54. The second-order valence-corrected chi connectivity index (χ2v) is 6.66. The minimum Gasteiger partial charge on any atom is -0.293 e. The standard InChI is InChI=1S/C18H18N4OS/c1-12-4-7-15(8-5-12)17(23)11-24-18-19-20-21-22(18)16-9-6-13(2)14(3)10-16/h4-10H,11H2,1-3H3. The highest BCUT2D eigenvalue weighted by molar-refractivity contribution is 7.99. The molecular formula is C18H18N4OS. The van der Waals surface area contributed by atoms with E-state index in [1.807, 2.05) is 49.4 Å². The summed E-state index contributed by atoms with van der Waals surface area (Å²) in [4.78, 5) is 12.3. The Labute approximate surface area is 145 Å². The SMILES string of the molecule is Cc1ccc(C(=O)CSc2nnnn2-c2ccc(C)c(C)c2)cc1. The fourth-order valence-electron chi connectivity index (χ4n) is 2.24. The fourth-order valence-corrected chi connectivity index (χ4v) is 3.03. The Hall–Kier alpha value is -2.47. The lowest BCUT2D eigenvalue weighted by atomic mass is 10.1. The molecule has 24 heavy (non-hydrogen) atoms. The van der Waals surface area contributed by atoms with E-state index in [2.05, 4.69) is 29.4 Å². The van der Waals surface area contributed by atoms with Crippen LogP contribution in [0.15, 0.2) is 47.6 Å². The van der Waals surface area contributed by atoms with Crippen molar-refractivity contribution in [1.82, 2.24) is 20.2 Å². The van der Waals surface area contributed by atoms with Crippen molar-refractivity contribution in [2.45, 2.75) is 25.9 Å². The van der Waals surface area contributed by atoms with Crippen LogP contribution in [0.25, 0.3) is 5.69 Å². The first-order chi connectivity index (χ1) is 11.5. The van der Waals surface area contributed by atoms with Gasteiger partial charge in [0.1, 0.15) is 0 Å². The number of benzene rings is 2. The minimum atomic E-state index is 0.0645. The Balaban J connectivity index is 1.75. The Morgan fingerprint density at radius 2 is 1.79 bits per heavy atom. The van der Waals surface area contributed by atoms with Crippen molar-refractivity contribution in [3.63, 3.8) is 0 Å². The maximum atomic E-state index is 12.3. The molecule has 122 valence electrons. The van der Waals surface area contributed by atoms with Crippen LogP contribution < -0.4 is 0 Å². The molecule has 0 spiro atoms. The lowest BCUT2D eigenvalue weighted by molar-refractivity contribution is 0.102. The molecule has 2 aromatic carbocycles. The molecule has 1 heterocycles. The van der Waals surface area contributed by atoms with Crippen molar-refractivity contribution in [1.29, 1.82) is 0 Å². The van der Waals surface area contributed by atoms with Gasteiger partial charge in [-0.2, -0.15) is 4.68 Å². The first-order valence-electron chi connectivity index (χ1n) is 7.63. The molecule has 0 atom stereocenters. The molecule has 0 amide bonds. The molecule has 1 aromatic heterocycles. The second kappa shape index (κ2) is 6.97. The van der Waals surface area contributed by atoms with E-state index in [1.165, 1.54) is 22.9 Å². The summed E-state index contributed by atoms with van der Waals surface area (Å²) in [6.07, 6.45) is 0. The van der Waals surface area contributed by atoms with Crippen molar-refractivity contribution in [2.75, 3.05) is 5.75 Å². The summed E-state index contributed by atoms with van der Waals surface area (Å²) in [6.45, 7) is 6.12. The Bertz CT molecular complexity index is 871. The third-order valence-electron chi connectivity index (χ3n) is 3.88. The molecule has 0 fully saturated rings. The smallest absolute Gasteiger partial charge is 0.214 e. The van der Waals surface area contributed by atoms with Gasteiger partial charge >= 0.3 is 0 Å². The van der Waals surface area contributed by atoms with Gasteiger partial charge in [-0.1, -0.05) is 47.7 Å². The third-order valence-corrected chi connectivity index (χ3v) is 4.80. The summed E-state index contributed by atoms with van der Waals surface area (Å²) in [7, 11) is 0. The summed E-state index contributed by atoms with van der Waals surface area (Å²) >= 11 is 1.34. The topological polar surface area (TPSA) is 60.7 Å². The summed E-state index contributed by atoms with van der Waals surface area (Å²) < 4.78 is 1.67. The molecule has 0 aliphatic carbocycles. The van der Waals surface area contributed by atoms with E-state index in [0.717, 1.165) is 11.3 Å². The molecule has 0 aliphatic rings. The van der Waals surface area contributed by atoms with Crippen molar-refractivity contribution >= 4 is 17.5 Å². The quantitative estimate of drug-likeness (QED) is 0.526. The van der Waals surface area contributed by atoms with Gasteiger partial charge in [0, 0.05) is 5.56 Å². The van der Waals surface area contributed by atoms with Crippen LogP contribution in [0.4, 0.5) is 0 Å². The highest BCUT2D eigenvalue weighted by atomic mass is 32.2. The van der Waals surface area contributed by atoms with Gasteiger partial charge in [-0.15, -0.1) is 5.10 Å². The number of carbonyl (C=O) groups is 1. The van der Waals surface area contributed by atoms with Gasteiger partial charge < -0.3 is 0 Å². The number of hydrogen-bond acceptors (Lipinski definition) is 5. The van der Waals surface area contributed by atoms with Gasteiger partial charge in [-0.3, -0.25) is 4.79 Å². The highest BCUT2D eigenvalue weighted by Crippen LogP contribution is 2.21. The van der Waals surface area contributed by atoms with Gasteiger partial charge in [0.25, 0.3) is 0 Å². The van der Waals surface area contributed by atoms with E-state index < -0.39 is 0 Å². The number of rotatable bonds is 5. The molecule has 0 N–H and O–H groups in total. The van der Waals surface area contributed by atoms with Crippen LogP contribution in [-0.4, -0.2) is 31.7 Å². The van der Waals surface area contributed by atoms with Gasteiger partial charge in [-0.05, 0) is 54.5 Å². The molecule has 0 unspecified atom stereocenters. The van der Waals surface area contributed by atoms with Crippen molar-refractivity contribution in [3.05, 3.63) is 64.7 Å². The van der Waals surface area contributed by atoms with Crippen LogP contribution in [0.5, 0.6) is 0 Å². The number of nitrogens with zero attached hydrogens (tertiary/aromatic N) is 4. The zero-order valence-electron chi connectivity index (χ0n) is 13.9. The number of Topliss-reactive ketones (excluding diaryl/α,β-unsaturated/α-hetero) is 1. The van der Waals surface area contributed by atoms with E-state index in [1.54, 1.807) is 4.68 Å². The number of hydrogen-bond donors (Lipinski definition) is 0. The van der Waals surface area contributed by atoms with Crippen LogP contribution in [0, 0.1) is 20.8 Å². The van der Waals surface area contributed by atoms with E-state index in [-0.39, 0.29) is 5.78 Å². The van der Waals surface area contributed by atoms with Crippen LogP contribution >= 0.6 is 11.8 Å². The van der Waals surface area contributed by atoms with Crippen molar-refractivity contribution in [3.8, 4) is 5.69 Å². The molecule has 0 radical (unpaired) electrons. The molecule has 3 aromatic rings. The summed E-state index contributed by atoms with van der Waals surface area (Å²) in [5.41, 5.74) is 5.13. The van der Waals surface area contributed by atoms with Gasteiger partial charge in [0.15, 0.2) is 5.78 Å². The Morgan fingerprint density at radius 3 is 2.50 bits per heavy atom. The molecule has 6 heteroatoms. The lowest BCUT2D eigenvalue weighted by Crippen LogP contribution is -2.05. The van der Waals surface area contributed by atoms with E-state index >= 15 is 0 Å². The first kappa shape index (κ1) is 16.4. The molecule has 0 saturated heterocycles. The normalized spacial score (nSPS) is 10.8. The molecule has 5 nitrogen and oxygen atoms in total. The Morgan fingerprint density at radius 1 is 1.04 bits per heavy atom. The molecule has 0 bridgehead atoms. The fraction of sp³-hybridized carbons (Fsp3) is 0.222. The number of ketones is 1. The summed E-state index contributed by atoms with van der Waals surface area (Å²) in [5.74, 6) is 0.364. The number of aromatic nitrogens is 4. The Kier molecular flexibility index (Phi) is 4.76. The average Bonchev–Trinajstić information content (AvgIpc) is 3.04. The van der Waals surface area contributed by atoms with E-state index in [4.69, 9.17) is 0 Å². The lowest BCUT2D eigenvalue weighted by Gasteiger charge is -2.07. The monoisotopic (exact) mass is 338 g/mol. The van der Waals surface area contributed by atoms with Crippen molar-refractivity contribution < 1.29 is 4.79 Å². The largest absolute Gasteiger partial charge is 0.293 e. The van der Waals surface area contributed by atoms with E-state index in [9.17, 15) is 4.79 Å². The van der Waals surface area contributed by atoms with Crippen LogP contribution in [-0.2, 0) is 0 Å². The zero-order chi connectivity index (χ0) is 17.1. The van der Waals surface area contributed by atoms with Gasteiger partial charge in [-0.25, -0.2) is 0 Å². The molecule has 3 rings (SSSR count). The van der Waals surface area contributed by atoms with Gasteiger partial charge in [0.05, 0.1) is 11.4 Å². The molecular weight excluding hydrogens is 320 g/mol. The first-order valence-corrected chi connectivity index (χ1v) is 8.62. The molecule has 0 aliphatic heterocycles. The second-order valence-electron chi connectivity index (χ2n) is 5.72. The van der Waals surface area contributed by atoms with E-state index in [0.29, 0.717) is 16.5 Å². The van der Waals surface area contributed by atoms with Crippen LogP contribution in [0.2, 0.25) is 0 Å². The van der Waals surface area contributed by atoms with Crippen LogP contribution in [0.1, 0.15) is 27.0 Å². The maximum Gasteiger partial charge on any atom is 0.214 e. The predicted octanol–water partition coefficient (Wildman–Crippen LogP) is 3.56. The number of thioether (sulfide) groups is 1. The number of carbonyl (C=O) groups excluding carboxylic acids is 1. The van der Waals surface area contributed by atoms with Crippen molar-refractivity contribution in [2.24, 2.45) is 0 Å². The maximum absolute atomic E-state index is 12.3. The predicted molar refractivity (Wildman–Crippen MR) is 94.9 cm³/mol. The van der Waals surface area contributed by atoms with Crippen LogP contribution in [0.3, 0.4) is 0 Å². The minimum absolute atomic E-state index is 0.0645. The average molecular weight is 338 g/mol. The zero-order valence-corrected chi connectivity index (χ0v) is 14.7. The summed E-state index contributed by atoms with van der Waals surface area (Å²) in [5, 5.41) is 12.4. The highest BCUT2D eigenvalue weighted by Gasteiger charge is 2.13. The number of tetrazole rings is 1. The molecule has 0 saturated carbocycles. The summed E-state index contributed by atoms with van der Waals surface area (Å²) in [6, 6.07) is 13.6. The van der Waals surface area contributed by atoms with Gasteiger partial charge in [0.2, 0.25) is 5.16 Å². The number of aryl methyl sites for hydroxylation is 3.